The van der Waals surface area contributed by atoms with Crippen LogP contribution in [-0.4, -0.2) is 0 Å². The largest absolute Gasteiger partial charge is 0.309 e. The first-order valence-electron chi connectivity index (χ1n) is 1.85. The summed E-state index contributed by atoms with van der Waals surface area (Å²) in [5.74, 6) is 0. The molecule has 0 aliphatic heterocycles. The van der Waals surface area contributed by atoms with Gasteiger partial charge >= 0.3 is 0 Å². The zero-order chi connectivity index (χ0) is 4.83. The molecule has 0 aromatic heterocycles. The topological polar surface area (TPSA) is 23.8 Å². The second-order valence-corrected chi connectivity index (χ2v) is 0.927. The third-order valence-electron chi connectivity index (χ3n) is 0.421. The van der Waals surface area contributed by atoms with E-state index in [0.29, 0.717) is 0 Å². The molecule has 0 bridgehead atoms. The molecule has 1 N–H and O–H groups in total. The third-order valence-corrected chi connectivity index (χ3v) is 0.421. The molecule has 0 aliphatic rings. The number of rotatable bonds is 2. The van der Waals surface area contributed by atoms with Crippen LogP contribution in [0.2, 0.25) is 0 Å². The van der Waals surface area contributed by atoms with Gasteiger partial charge in [-0.15, -0.1) is 6.58 Å². The summed E-state index contributed by atoms with van der Waals surface area (Å²) < 4.78 is 0. The second kappa shape index (κ2) is 4.28. The number of hydrogen-bond acceptors (Lipinski definition) is 0. The van der Waals surface area contributed by atoms with Crippen molar-refractivity contribution in [1.82, 2.24) is 5.73 Å². The van der Waals surface area contributed by atoms with Gasteiger partial charge in [0.05, 0.1) is 0 Å². The molecule has 33 valence electrons. The highest BCUT2D eigenvalue weighted by Gasteiger charge is 1.58. The van der Waals surface area contributed by atoms with Crippen molar-refractivity contribution in [2.24, 2.45) is 0 Å². The molecular weight excluding hydrogens is 74.1 g/mol. The summed E-state index contributed by atoms with van der Waals surface area (Å²) in [4.78, 5) is 0. The fourth-order valence-corrected chi connectivity index (χ4v) is 0.164. The van der Waals surface area contributed by atoms with Crippen molar-refractivity contribution >= 4 is 0 Å². The van der Waals surface area contributed by atoms with E-state index >= 15 is 0 Å². The molecule has 0 fully saturated rings. The molecule has 1 radical (unpaired) electrons. The highest BCUT2D eigenvalue weighted by molar-refractivity contribution is 4.83. The summed E-state index contributed by atoms with van der Waals surface area (Å²) in [5, 5.41) is 0. The molecule has 0 atom stereocenters. The van der Waals surface area contributed by atoms with Crippen molar-refractivity contribution in [1.29, 1.82) is 0 Å². The zero-order valence-corrected chi connectivity index (χ0v) is 3.65. The van der Waals surface area contributed by atoms with Gasteiger partial charge in [-0.25, -0.2) is 0 Å². The molecule has 6 heavy (non-hydrogen) atoms. The van der Waals surface area contributed by atoms with E-state index in [-0.39, 0.29) is 0 Å². The Balaban J connectivity index is 2.85. The predicted octanol–water partition coefficient (Wildman–Crippen LogP) is 1.36. The quantitative estimate of drug-likeness (QED) is 0.449. The standard InChI is InChI=1S/C5H8N/c1-2-3-4-5-6/h2,4-6H,1,3H2. The van der Waals surface area contributed by atoms with Crippen LogP contribution in [0.15, 0.2) is 24.9 Å². The van der Waals surface area contributed by atoms with Gasteiger partial charge in [-0.2, -0.15) is 0 Å². The summed E-state index contributed by atoms with van der Waals surface area (Å²) in [5.41, 5.74) is 6.48. The first-order chi connectivity index (χ1) is 2.91. The smallest absolute Gasteiger partial charge is 0.0140 e. The van der Waals surface area contributed by atoms with Crippen molar-refractivity contribution in [3.05, 3.63) is 24.9 Å². The molecule has 0 aromatic carbocycles. The predicted molar refractivity (Wildman–Crippen MR) is 27.1 cm³/mol. The average molecular weight is 82.1 g/mol. The molecule has 0 aliphatic carbocycles. The summed E-state index contributed by atoms with van der Waals surface area (Å²) in [7, 11) is 0. The van der Waals surface area contributed by atoms with Crippen molar-refractivity contribution in [3.63, 3.8) is 0 Å². The van der Waals surface area contributed by atoms with Crippen LogP contribution in [0.5, 0.6) is 0 Å². The lowest BCUT2D eigenvalue weighted by Crippen LogP contribution is -1.54. The number of allylic oxidation sites excluding steroid dienone is 2. The van der Waals surface area contributed by atoms with Crippen molar-refractivity contribution < 1.29 is 0 Å². The average Bonchev–Trinajstić information content (AvgIpc) is 1.61. The van der Waals surface area contributed by atoms with E-state index < -0.39 is 0 Å². The molecule has 0 spiro atoms. The molecule has 0 saturated heterocycles. The summed E-state index contributed by atoms with van der Waals surface area (Å²) in [6.07, 6.45) is 5.56. The molecular formula is C5H8N. The van der Waals surface area contributed by atoms with E-state index in [1.807, 2.05) is 0 Å². The van der Waals surface area contributed by atoms with Gasteiger partial charge < -0.3 is 5.73 Å². The Hall–Kier alpha value is -0.720. The van der Waals surface area contributed by atoms with E-state index in [2.05, 4.69) is 6.58 Å². The van der Waals surface area contributed by atoms with Gasteiger partial charge in [-0.05, 0) is 6.42 Å². The van der Waals surface area contributed by atoms with Crippen LogP contribution >= 0.6 is 0 Å². The van der Waals surface area contributed by atoms with Gasteiger partial charge in [-0.1, -0.05) is 12.2 Å². The lowest BCUT2D eigenvalue weighted by Gasteiger charge is -1.69. The van der Waals surface area contributed by atoms with Gasteiger partial charge in [0.1, 0.15) is 0 Å². The van der Waals surface area contributed by atoms with Gasteiger partial charge in [0.15, 0.2) is 0 Å². The van der Waals surface area contributed by atoms with Crippen molar-refractivity contribution in [3.8, 4) is 0 Å². The Morgan fingerprint density at radius 1 is 1.67 bits per heavy atom. The summed E-state index contributed by atoms with van der Waals surface area (Å²) >= 11 is 0. The van der Waals surface area contributed by atoms with E-state index in [0.717, 1.165) is 6.42 Å². The molecule has 0 rings (SSSR count). The highest BCUT2D eigenvalue weighted by Crippen LogP contribution is 1.77. The Kier molecular flexibility index (Phi) is 3.77. The van der Waals surface area contributed by atoms with E-state index in [1.165, 1.54) is 6.20 Å². The Labute approximate surface area is 38.2 Å². The van der Waals surface area contributed by atoms with Crippen LogP contribution < -0.4 is 5.73 Å². The van der Waals surface area contributed by atoms with Crippen LogP contribution in [0.25, 0.3) is 0 Å². The Morgan fingerprint density at radius 3 is 2.50 bits per heavy atom. The molecule has 0 unspecified atom stereocenters. The molecule has 1 heteroatoms. The number of hydrogen-bond donors (Lipinski definition) is 0. The Morgan fingerprint density at radius 2 is 2.33 bits per heavy atom. The first kappa shape index (κ1) is 5.28. The minimum atomic E-state index is 0.809. The molecule has 0 amide bonds. The fraction of sp³-hybridized carbons (Fsp3) is 0.200. The maximum Gasteiger partial charge on any atom is 0.0140 e. The summed E-state index contributed by atoms with van der Waals surface area (Å²) in [6, 6.07) is 0. The minimum Gasteiger partial charge on any atom is -0.309 e. The second-order valence-electron chi connectivity index (χ2n) is 0.927. The van der Waals surface area contributed by atoms with E-state index in [1.54, 1.807) is 12.2 Å². The van der Waals surface area contributed by atoms with E-state index in [4.69, 9.17) is 5.73 Å². The highest BCUT2D eigenvalue weighted by atomic mass is 14.5. The van der Waals surface area contributed by atoms with Gasteiger partial charge in [0.2, 0.25) is 0 Å². The lowest BCUT2D eigenvalue weighted by atomic mass is 10.4. The van der Waals surface area contributed by atoms with Gasteiger partial charge in [-0.3, -0.25) is 0 Å². The van der Waals surface area contributed by atoms with Crippen molar-refractivity contribution in [2.45, 2.75) is 6.42 Å². The van der Waals surface area contributed by atoms with Crippen LogP contribution in [0.1, 0.15) is 6.42 Å². The minimum absolute atomic E-state index is 0.809. The lowest BCUT2D eigenvalue weighted by molar-refractivity contribution is 1.35. The molecule has 0 saturated carbocycles. The maximum absolute atomic E-state index is 6.48. The van der Waals surface area contributed by atoms with Crippen LogP contribution in [0.4, 0.5) is 0 Å². The zero-order valence-electron chi connectivity index (χ0n) is 3.65. The van der Waals surface area contributed by atoms with Crippen LogP contribution in [0, 0.1) is 0 Å². The van der Waals surface area contributed by atoms with Crippen molar-refractivity contribution in [2.75, 3.05) is 0 Å². The summed E-state index contributed by atoms with van der Waals surface area (Å²) in [6.45, 7) is 3.46. The van der Waals surface area contributed by atoms with Gasteiger partial charge in [0.25, 0.3) is 0 Å². The molecule has 1 nitrogen and oxygen atoms in total. The first-order valence-corrected chi connectivity index (χ1v) is 1.85. The van der Waals surface area contributed by atoms with Crippen LogP contribution in [-0.2, 0) is 0 Å². The van der Waals surface area contributed by atoms with E-state index in [9.17, 15) is 0 Å². The SMILES string of the molecule is C=CCC=C[NH]. The number of nitrogens with one attached hydrogen (secondary N) is 1. The third kappa shape index (κ3) is 3.28. The van der Waals surface area contributed by atoms with Gasteiger partial charge in [0, 0.05) is 6.20 Å². The molecule has 0 aromatic rings. The monoisotopic (exact) mass is 82.1 g/mol. The Bertz CT molecular complexity index is 55.0. The normalized spacial score (nSPS) is 9.33. The molecule has 0 heterocycles. The maximum atomic E-state index is 6.48. The fourth-order valence-electron chi connectivity index (χ4n) is 0.164. The van der Waals surface area contributed by atoms with Crippen LogP contribution in [0.3, 0.4) is 0 Å².